The van der Waals surface area contributed by atoms with Crippen LogP contribution < -0.4 is 0 Å². The summed E-state index contributed by atoms with van der Waals surface area (Å²) in [5, 5.41) is 0. The number of halogens is 2. The number of hydrogen-bond acceptors (Lipinski definition) is 6. The van der Waals surface area contributed by atoms with Gasteiger partial charge in [-0.15, -0.1) is 0 Å². The van der Waals surface area contributed by atoms with Crippen LogP contribution in [0.4, 0.5) is 8.78 Å². The Bertz CT molecular complexity index is 1120. The van der Waals surface area contributed by atoms with E-state index in [4.69, 9.17) is 8.83 Å². The minimum atomic E-state index is -0.323. The van der Waals surface area contributed by atoms with Crippen LogP contribution >= 0.6 is 0 Å². The predicted molar refractivity (Wildman–Crippen MR) is 99.2 cm³/mol. The van der Waals surface area contributed by atoms with E-state index in [9.17, 15) is 18.4 Å². The standard InChI is InChI=1S/C11H8FNO2.C10H6FNO2/c1-7(14)10-6-15-11(13-10)8-2-4-9(12)5-3-8;11-8-3-1-7(2-4-8)10-12-9(5-13)6-14-10/h2-6H,1H3;1-6H. The summed E-state index contributed by atoms with van der Waals surface area (Å²) in [4.78, 5) is 29.1. The Morgan fingerprint density at radius 3 is 1.72 bits per heavy atom. The molecule has 0 fully saturated rings. The van der Waals surface area contributed by atoms with Gasteiger partial charge in [0.25, 0.3) is 0 Å². The first kappa shape index (κ1) is 19.8. The lowest BCUT2D eigenvalue weighted by Crippen LogP contribution is -1.91. The molecule has 29 heavy (non-hydrogen) atoms. The van der Waals surface area contributed by atoms with E-state index < -0.39 is 0 Å². The van der Waals surface area contributed by atoms with Crippen LogP contribution in [0.3, 0.4) is 0 Å². The molecule has 4 rings (SSSR count). The summed E-state index contributed by atoms with van der Waals surface area (Å²) in [6, 6.07) is 11.4. The van der Waals surface area contributed by atoms with E-state index in [2.05, 4.69) is 9.97 Å². The zero-order valence-corrected chi connectivity index (χ0v) is 15.1. The molecule has 0 unspecified atom stereocenters. The largest absolute Gasteiger partial charge is 0.444 e. The number of ketones is 1. The molecule has 0 bridgehead atoms. The number of aromatic nitrogens is 2. The molecule has 2 aromatic heterocycles. The molecule has 2 aromatic carbocycles. The third-order valence-electron chi connectivity index (χ3n) is 3.69. The van der Waals surface area contributed by atoms with Crippen molar-refractivity contribution in [3.05, 3.63) is 84.1 Å². The molecule has 0 atom stereocenters. The van der Waals surface area contributed by atoms with Crippen LogP contribution in [0.2, 0.25) is 0 Å². The third-order valence-corrected chi connectivity index (χ3v) is 3.69. The van der Waals surface area contributed by atoms with Crippen molar-refractivity contribution in [2.45, 2.75) is 6.92 Å². The second kappa shape index (κ2) is 8.83. The van der Waals surface area contributed by atoms with Crippen LogP contribution in [-0.4, -0.2) is 22.0 Å². The fraction of sp³-hybridized carbons (Fsp3) is 0.0476. The van der Waals surface area contributed by atoms with Crippen LogP contribution in [0.15, 0.2) is 69.9 Å². The summed E-state index contributed by atoms with van der Waals surface area (Å²) in [5.41, 5.74) is 1.78. The molecule has 0 aliphatic rings. The average molecular weight is 396 g/mol. The van der Waals surface area contributed by atoms with Gasteiger partial charge in [-0.05, 0) is 48.5 Å². The van der Waals surface area contributed by atoms with Crippen molar-refractivity contribution in [1.29, 1.82) is 0 Å². The van der Waals surface area contributed by atoms with Gasteiger partial charge in [0.15, 0.2) is 12.1 Å². The first-order valence-corrected chi connectivity index (χ1v) is 8.35. The minimum absolute atomic E-state index is 0.160. The molecule has 6 nitrogen and oxygen atoms in total. The minimum Gasteiger partial charge on any atom is -0.444 e. The topological polar surface area (TPSA) is 86.2 Å². The van der Waals surface area contributed by atoms with E-state index in [0.717, 1.165) is 0 Å². The van der Waals surface area contributed by atoms with Gasteiger partial charge in [0.05, 0.1) is 0 Å². The molecule has 0 aliphatic carbocycles. The van der Waals surface area contributed by atoms with Gasteiger partial charge in [0.1, 0.15) is 35.5 Å². The fourth-order valence-corrected chi connectivity index (χ4v) is 2.23. The molecule has 0 aliphatic heterocycles. The number of hydrogen-bond donors (Lipinski definition) is 0. The molecule has 2 heterocycles. The maximum absolute atomic E-state index is 12.6. The lowest BCUT2D eigenvalue weighted by atomic mass is 10.2. The van der Waals surface area contributed by atoms with Gasteiger partial charge < -0.3 is 8.83 Å². The summed E-state index contributed by atoms with van der Waals surface area (Å²) in [5.74, 6) is -0.174. The lowest BCUT2D eigenvalue weighted by Gasteiger charge is -1.93. The molecule has 0 N–H and O–H groups in total. The van der Waals surface area contributed by atoms with Crippen molar-refractivity contribution < 1.29 is 27.2 Å². The average Bonchev–Trinajstić information content (AvgIpc) is 3.40. The van der Waals surface area contributed by atoms with E-state index in [1.807, 2.05) is 0 Å². The van der Waals surface area contributed by atoms with Gasteiger partial charge in [-0.3, -0.25) is 9.59 Å². The lowest BCUT2D eigenvalue weighted by molar-refractivity contribution is 0.101. The van der Waals surface area contributed by atoms with Gasteiger partial charge in [0, 0.05) is 18.1 Å². The Kier molecular flexibility index (Phi) is 6.03. The number of nitrogens with zero attached hydrogens (tertiary/aromatic N) is 2. The zero-order valence-electron chi connectivity index (χ0n) is 15.1. The van der Waals surface area contributed by atoms with Crippen molar-refractivity contribution in [3.8, 4) is 22.9 Å². The molecule has 0 spiro atoms. The normalized spacial score (nSPS) is 10.2. The van der Waals surface area contributed by atoms with Gasteiger partial charge in [-0.2, -0.15) is 0 Å². The Labute approximate surface area is 163 Å². The smallest absolute Gasteiger partial charge is 0.226 e. The van der Waals surface area contributed by atoms with E-state index in [-0.39, 0.29) is 28.8 Å². The van der Waals surface area contributed by atoms with Crippen molar-refractivity contribution in [2.75, 3.05) is 0 Å². The second-order valence-corrected chi connectivity index (χ2v) is 5.80. The first-order valence-electron chi connectivity index (χ1n) is 8.35. The van der Waals surface area contributed by atoms with Gasteiger partial charge >= 0.3 is 0 Å². The molecule has 146 valence electrons. The van der Waals surface area contributed by atoms with Gasteiger partial charge in [-0.25, -0.2) is 18.7 Å². The van der Waals surface area contributed by atoms with Gasteiger partial charge in [0.2, 0.25) is 11.8 Å². The van der Waals surface area contributed by atoms with E-state index in [1.165, 1.54) is 55.8 Å². The van der Waals surface area contributed by atoms with Crippen molar-refractivity contribution >= 4 is 12.1 Å². The monoisotopic (exact) mass is 396 g/mol. The molecule has 0 radical (unpaired) electrons. The van der Waals surface area contributed by atoms with Crippen LogP contribution in [-0.2, 0) is 0 Å². The molecule has 0 saturated carbocycles. The maximum Gasteiger partial charge on any atom is 0.226 e. The predicted octanol–water partition coefficient (Wildman–Crippen LogP) is 4.98. The molecular weight excluding hydrogens is 382 g/mol. The number of carbonyl (C=O) groups is 2. The summed E-state index contributed by atoms with van der Waals surface area (Å²) < 4.78 is 35.3. The van der Waals surface area contributed by atoms with Crippen LogP contribution in [0.25, 0.3) is 22.9 Å². The third kappa shape index (κ3) is 5.07. The highest BCUT2D eigenvalue weighted by atomic mass is 19.1. The van der Waals surface area contributed by atoms with Crippen molar-refractivity contribution in [2.24, 2.45) is 0 Å². The molecule has 8 heteroatoms. The Balaban J connectivity index is 0.000000166. The quantitative estimate of drug-likeness (QED) is 0.357. The fourth-order valence-electron chi connectivity index (χ4n) is 2.23. The molecular formula is C21H14F2N2O4. The highest BCUT2D eigenvalue weighted by Gasteiger charge is 2.09. The molecule has 4 aromatic rings. The number of Topliss-reactive ketones (excluding diaryl/α,β-unsaturated/α-hetero) is 1. The Morgan fingerprint density at radius 2 is 1.31 bits per heavy atom. The summed E-state index contributed by atoms with van der Waals surface area (Å²) >= 11 is 0. The maximum atomic E-state index is 12.6. The van der Waals surface area contributed by atoms with E-state index in [1.54, 1.807) is 12.1 Å². The number of benzene rings is 2. The molecule has 0 saturated heterocycles. The summed E-state index contributed by atoms with van der Waals surface area (Å²) in [6.45, 7) is 1.41. The number of oxazole rings is 2. The number of carbonyl (C=O) groups excluding carboxylic acids is 2. The van der Waals surface area contributed by atoms with Crippen LogP contribution in [0, 0.1) is 11.6 Å². The number of rotatable bonds is 4. The summed E-state index contributed by atoms with van der Waals surface area (Å²) in [7, 11) is 0. The zero-order chi connectivity index (χ0) is 20.8. The molecule has 0 amide bonds. The number of aldehydes is 1. The van der Waals surface area contributed by atoms with Crippen molar-refractivity contribution in [1.82, 2.24) is 9.97 Å². The highest BCUT2D eigenvalue weighted by Crippen LogP contribution is 2.19. The van der Waals surface area contributed by atoms with Crippen LogP contribution in [0.1, 0.15) is 27.9 Å². The second-order valence-electron chi connectivity index (χ2n) is 5.80. The highest BCUT2D eigenvalue weighted by molar-refractivity contribution is 5.92. The van der Waals surface area contributed by atoms with Gasteiger partial charge in [-0.1, -0.05) is 0 Å². The SMILES string of the molecule is CC(=O)c1coc(-c2ccc(F)cc2)n1.O=Cc1coc(-c2ccc(F)cc2)n1. The van der Waals surface area contributed by atoms with E-state index in [0.29, 0.717) is 29.2 Å². The first-order chi connectivity index (χ1) is 14.0. The van der Waals surface area contributed by atoms with Crippen LogP contribution in [0.5, 0.6) is 0 Å². The van der Waals surface area contributed by atoms with Crippen molar-refractivity contribution in [3.63, 3.8) is 0 Å². The van der Waals surface area contributed by atoms with E-state index >= 15 is 0 Å². The Hall–Kier alpha value is -3.94. The summed E-state index contributed by atoms with van der Waals surface area (Å²) in [6.07, 6.45) is 3.14. The Morgan fingerprint density at radius 1 is 0.828 bits per heavy atom.